The fourth-order valence-corrected chi connectivity index (χ4v) is 0.926. The van der Waals surface area contributed by atoms with Gasteiger partial charge in [-0.05, 0) is 6.42 Å². The van der Waals surface area contributed by atoms with Crippen LogP contribution in [0, 0.1) is 0 Å². The van der Waals surface area contributed by atoms with Crippen LogP contribution in [0.25, 0.3) is 0 Å². The minimum atomic E-state index is -2.48. The number of hydrogen-bond acceptors (Lipinski definition) is 3. The molecule has 0 aliphatic rings. The highest BCUT2D eigenvalue weighted by atomic mass is 127. The zero-order valence-corrected chi connectivity index (χ0v) is 8.90. The van der Waals surface area contributed by atoms with Crippen LogP contribution in [0.3, 0.4) is 0 Å². The molecule has 0 amide bonds. The summed E-state index contributed by atoms with van der Waals surface area (Å²) in [7, 11) is 0. The molecule has 0 aromatic heterocycles. The van der Waals surface area contributed by atoms with Crippen molar-refractivity contribution >= 4 is 45.2 Å². The average molecular weight is 358 g/mol. The van der Waals surface area contributed by atoms with Gasteiger partial charge in [-0.3, -0.25) is 0 Å². The van der Waals surface area contributed by atoms with Crippen LogP contribution in [-0.4, -0.2) is 23.2 Å². The van der Waals surface area contributed by atoms with Gasteiger partial charge in [-0.15, -0.1) is 0 Å². The number of aliphatic hydroxyl groups is 3. The van der Waals surface area contributed by atoms with E-state index in [4.69, 9.17) is 15.3 Å². The lowest BCUT2D eigenvalue weighted by atomic mass is 10.3. The van der Waals surface area contributed by atoms with Crippen molar-refractivity contribution in [1.82, 2.24) is 0 Å². The molecule has 9 heavy (non-hydrogen) atoms. The van der Waals surface area contributed by atoms with E-state index in [1.54, 1.807) is 0 Å². The second kappa shape index (κ2) is 4.27. The second-order valence-electron chi connectivity index (χ2n) is 1.70. The van der Waals surface area contributed by atoms with Gasteiger partial charge in [-0.25, -0.2) is 0 Å². The summed E-state index contributed by atoms with van der Waals surface area (Å²) in [5.74, 6) is -2.48. The van der Waals surface area contributed by atoms with Gasteiger partial charge >= 0.3 is 0 Å². The lowest BCUT2D eigenvalue weighted by Crippen LogP contribution is -2.27. The molecule has 0 heterocycles. The predicted molar refractivity (Wildman–Crippen MR) is 50.4 cm³/mol. The van der Waals surface area contributed by atoms with Crippen LogP contribution in [0.1, 0.15) is 12.8 Å². The van der Waals surface area contributed by atoms with Crippen LogP contribution in [0.4, 0.5) is 0 Å². The smallest absolute Gasteiger partial charge is 0.275 e. The van der Waals surface area contributed by atoms with E-state index in [1.165, 1.54) is 0 Å². The highest BCUT2D eigenvalue weighted by molar-refractivity contribution is 14.2. The van der Waals surface area contributed by atoms with Crippen molar-refractivity contribution in [2.75, 3.05) is 0 Å². The summed E-state index contributed by atoms with van der Waals surface area (Å²) >= 11 is 4.27. The molecule has 3 N–H and O–H groups in total. The van der Waals surface area contributed by atoms with Crippen molar-refractivity contribution < 1.29 is 15.3 Å². The quantitative estimate of drug-likeness (QED) is 0.394. The SMILES string of the molecule is OC(O)(O)CCC(I)I. The second-order valence-corrected chi connectivity index (χ2v) is 7.09. The normalized spacial score (nSPS) is 12.7. The van der Waals surface area contributed by atoms with Gasteiger partial charge in [-0.2, -0.15) is 0 Å². The molecule has 3 nitrogen and oxygen atoms in total. The van der Waals surface area contributed by atoms with Crippen molar-refractivity contribution in [2.45, 2.75) is 20.7 Å². The fourth-order valence-electron chi connectivity index (χ4n) is 0.303. The molecule has 0 rings (SSSR count). The Morgan fingerprint density at radius 3 is 1.78 bits per heavy atom. The molecule has 5 heteroatoms. The molecule has 0 spiro atoms. The maximum absolute atomic E-state index is 8.37. The average Bonchev–Trinajstić information content (AvgIpc) is 1.59. The highest BCUT2D eigenvalue weighted by Gasteiger charge is 2.18. The molecular formula is C4H8I2O3. The Balaban J connectivity index is 3.28. The Morgan fingerprint density at radius 2 is 1.67 bits per heavy atom. The minimum absolute atomic E-state index is 0.00352. The van der Waals surface area contributed by atoms with Crippen molar-refractivity contribution in [3.8, 4) is 0 Å². The van der Waals surface area contributed by atoms with E-state index in [9.17, 15) is 0 Å². The summed E-state index contributed by atoms with van der Waals surface area (Å²) < 4.78 is 0.325. The van der Waals surface area contributed by atoms with Gasteiger partial charge in [0.25, 0.3) is 5.97 Å². The Kier molecular flexibility index (Phi) is 4.90. The number of halogens is 2. The molecular weight excluding hydrogens is 350 g/mol. The summed E-state index contributed by atoms with van der Waals surface area (Å²) in [6.07, 6.45) is 0.591. The molecule has 0 bridgehead atoms. The molecule has 0 fully saturated rings. The van der Waals surface area contributed by atoms with Crippen molar-refractivity contribution in [3.63, 3.8) is 0 Å². The van der Waals surface area contributed by atoms with Crippen LogP contribution < -0.4 is 0 Å². The van der Waals surface area contributed by atoms with E-state index in [-0.39, 0.29) is 6.42 Å². The van der Waals surface area contributed by atoms with Gasteiger partial charge in [0.05, 0.1) is 1.93 Å². The third kappa shape index (κ3) is 9.34. The van der Waals surface area contributed by atoms with Crippen LogP contribution in [0.2, 0.25) is 0 Å². The van der Waals surface area contributed by atoms with Crippen LogP contribution in [-0.2, 0) is 0 Å². The van der Waals surface area contributed by atoms with Crippen molar-refractivity contribution in [3.05, 3.63) is 0 Å². The first-order valence-electron chi connectivity index (χ1n) is 2.37. The van der Waals surface area contributed by atoms with Crippen LogP contribution in [0.15, 0.2) is 0 Å². The summed E-state index contributed by atoms with van der Waals surface area (Å²) in [6.45, 7) is 0. The maximum atomic E-state index is 8.37. The van der Waals surface area contributed by atoms with E-state index in [0.717, 1.165) is 0 Å². The number of alkyl halides is 2. The number of hydrogen-bond donors (Lipinski definition) is 3. The topological polar surface area (TPSA) is 60.7 Å². The van der Waals surface area contributed by atoms with Gasteiger partial charge in [0.2, 0.25) is 0 Å². The van der Waals surface area contributed by atoms with Gasteiger partial charge in [0, 0.05) is 6.42 Å². The molecule has 0 saturated heterocycles. The minimum Gasteiger partial charge on any atom is -0.344 e. The fraction of sp³-hybridized carbons (Fsp3) is 1.00. The third-order valence-electron chi connectivity index (χ3n) is 0.698. The largest absolute Gasteiger partial charge is 0.344 e. The van der Waals surface area contributed by atoms with E-state index < -0.39 is 5.97 Å². The third-order valence-corrected chi connectivity index (χ3v) is 1.94. The number of rotatable bonds is 3. The van der Waals surface area contributed by atoms with Crippen LogP contribution >= 0.6 is 45.2 Å². The summed E-state index contributed by atoms with van der Waals surface area (Å²) in [4.78, 5) is 0. The van der Waals surface area contributed by atoms with Gasteiger partial charge in [0.1, 0.15) is 0 Å². The van der Waals surface area contributed by atoms with Gasteiger partial charge < -0.3 is 15.3 Å². The molecule has 0 aliphatic heterocycles. The molecule has 56 valence electrons. The summed E-state index contributed by atoms with van der Waals surface area (Å²) in [5, 5.41) is 25.1. The van der Waals surface area contributed by atoms with E-state index in [1.807, 2.05) is 0 Å². The van der Waals surface area contributed by atoms with E-state index in [0.29, 0.717) is 8.35 Å². The first kappa shape index (κ1) is 10.3. The summed E-state index contributed by atoms with van der Waals surface area (Å²) in [5.41, 5.74) is 0. The molecule has 0 unspecified atom stereocenters. The van der Waals surface area contributed by atoms with E-state index in [2.05, 4.69) is 45.2 Å². The Bertz CT molecular complexity index is 78.4. The first-order chi connectivity index (χ1) is 3.92. The Hall–Kier alpha value is 1.34. The lowest BCUT2D eigenvalue weighted by Gasteiger charge is -2.13. The maximum Gasteiger partial charge on any atom is 0.275 e. The summed E-state index contributed by atoms with van der Waals surface area (Å²) in [6, 6.07) is 0. The van der Waals surface area contributed by atoms with Gasteiger partial charge in [-0.1, -0.05) is 45.2 Å². The molecule has 0 aromatic carbocycles. The molecule has 0 aliphatic carbocycles. The van der Waals surface area contributed by atoms with Crippen molar-refractivity contribution in [2.24, 2.45) is 0 Å². The Morgan fingerprint density at radius 1 is 1.22 bits per heavy atom. The standard InChI is InChI=1S/C4H8I2O3/c5-3(6)1-2-4(7,8)9/h3,7-9H,1-2H2. The predicted octanol–water partition coefficient (Wildman–Crippen LogP) is 0.593. The van der Waals surface area contributed by atoms with Crippen molar-refractivity contribution in [1.29, 1.82) is 0 Å². The van der Waals surface area contributed by atoms with Crippen LogP contribution in [0.5, 0.6) is 0 Å². The highest BCUT2D eigenvalue weighted by Crippen LogP contribution is 2.18. The van der Waals surface area contributed by atoms with E-state index >= 15 is 0 Å². The van der Waals surface area contributed by atoms with Gasteiger partial charge in [0.15, 0.2) is 0 Å². The molecule has 0 radical (unpaired) electrons. The zero-order valence-electron chi connectivity index (χ0n) is 4.59. The lowest BCUT2D eigenvalue weighted by molar-refractivity contribution is -0.314. The molecule has 0 atom stereocenters. The molecule has 0 aromatic rings. The zero-order chi connectivity index (χ0) is 7.49. The Labute approximate surface area is 80.7 Å². The monoisotopic (exact) mass is 358 g/mol. The first-order valence-corrected chi connectivity index (χ1v) is 4.86. The molecule has 0 saturated carbocycles.